The minimum absolute atomic E-state index is 0.0310. The number of nitrogens with two attached hydrogens (primary N) is 1. The summed E-state index contributed by atoms with van der Waals surface area (Å²) in [6.07, 6.45) is 4.66. The highest BCUT2D eigenvalue weighted by Gasteiger charge is 2.17. The average Bonchev–Trinajstić information content (AvgIpc) is 2.50. The molecule has 0 aromatic carbocycles. The van der Waals surface area contributed by atoms with E-state index in [0.29, 0.717) is 0 Å². The molecule has 0 aliphatic carbocycles. The van der Waals surface area contributed by atoms with Gasteiger partial charge in [0, 0.05) is 13.0 Å². The first kappa shape index (κ1) is 11.4. The molecule has 88 valence electrons. The molecule has 1 atom stereocenters. The number of hydrogen-bond donors (Lipinski definition) is 2. The lowest BCUT2D eigenvalue weighted by molar-refractivity contribution is 0.590. The molecule has 1 aliphatic rings. The van der Waals surface area contributed by atoms with E-state index in [0.717, 1.165) is 23.9 Å². The lowest BCUT2D eigenvalue weighted by Gasteiger charge is -2.10. The number of thioether (sulfide) groups is 1. The summed E-state index contributed by atoms with van der Waals surface area (Å²) in [4.78, 5) is 0. The van der Waals surface area contributed by atoms with Crippen molar-refractivity contribution in [1.29, 1.82) is 5.41 Å². The van der Waals surface area contributed by atoms with Crippen molar-refractivity contribution in [3.63, 3.8) is 0 Å². The fourth-order valence-electron chi connectivity index (χ4n) is 1.77. The third kappa shape index (κ3) is 2.37. The van der Waals surface area contributed by atoms with E-state index in [1.807, 2.05) is 6.92 Å². The van der Waals surface area contributed by atoms with Gasteiger partial charge in [-0.3, -0.25) is 5.41 Å². The van der Waals surface area contributed by atoms with E-state index in [9.17, 15) is 0 Å². The molecule has 1 unspecified atom stereocenters. The highest BCUT2D eigenvalue weighted by atomic mass is 32.2. The normalized spacial score (nSPS) is 17.6. The molecule has 6 heteroatoms. The number of fused-ring (bicyclic) bond motifs is 1. The fraction of sp³-hybridized carbons (Fsp3) is 0.700. The topological polar surface area (TPSA) is 80.6 Å². The summed E-state index contributed by atoms with van der Waals surface area (Å²) in [5.74, 6) is 1.27. The maximum Gasteiger partial charge on any atom is 0.191 e. The van der Waals surface area contributed by atoms with E-state index < -0.39 is 0 Å². The quantitative estimate of drug-likeness (QED) is 0.475. The van der Waals surface area contributed by atoms with Gasteiger partial charge in [-0.2, -0.15) is 0 Å². The van der Waals surface area contributed by atoms with Gasteiger partial charge >= 0.3 is 0 Å². The van der Waals surface area contributed by atoms with Crippen LogP contribution in [0.4, 0.5) is 0 Å². The van der Waals surface area contributed by atoms with Crippen molar-refractivity contribution in [1.82, 2.24) is 14.8 Å². The molecule has 0 bridgehead atoms. The summed E-state index contributed by atoms with van der Waals surface area (Å²) in [7, 11) is 0. The number of hydrogen-bond acceptors (Lipinski definition) is 4. The molecular weight excluding hydrogens is 222 g/mol. The highest BCUT2D eigenvalue weighted by molar-refractivity contribution is 8.00. The minimum Gasteiger partial charge on any atom is -0.387 e. The zero-order valence-corrected chi connectivity index (χ0v) is 10.3. The summed E-state index contributed by atoms with van der Waals surface area (Å²) in [5.41, 5.74) is 5.46. The van der Waals surface area contributed by atoms with Crippen molar-refractivity contribution in [2.45, 2.75) is 49.6 Å². The number of aryl methyl sites for hydroxylation is 1. The van der Waals surface area contributed by atoms with Crippen molar-refractivity contribution in [3.8, 4) is 0 Å². The number of nitrogens with one attached hydrogen (secondary N) is 1. The summed E-state index contributed by atoms with van der Waals surface area (Å²) < 4.78 is 2.18. The Bertz CT molecular complexity index is 387. The van der Waals surface area contributed by atoms with Crippen LogP contribution in [0.5, 0.6) is 0 Å². The molecule has 2 heterocycles. The van der Waals surface area contributed by atoms with E-state index in [2.05, 4.69) is 14.8 Å². The number of nitrogens with zero attached hydrogens (tertiary/aromatic N) is 3. The van der Waals surface area contributed by atoms with Crippen LogP contribution in [0.15, 0.2) is 5.16 Å². The Morgan fingerprint density at radius 3 is 3.00 bits per heavy atom. The summed E-state index contributed by atoms with van der Waals surface area (Å²) in [6.45, 7) is 2.92. The Balaban J connectivity index is 2.16. The molecule has 3 N–H and O–H groups in total. The molecule has 0 fully saturated rings. The summed E-state index contributed by atoms with van der Waals surface area (Å²) >= 11 is 1.52. The Morgan fingerprint density at radius 1 is 1.44 bits per heavy atom. The van der Waals surface area contributed by atoms with Crippen LogP contribution >= 0.6 is 11.8 Å². The Morgan fingerprint density at radius 2 is 2.25 bits per heavy atom. The molecule has 2 rings (SSSR count). The van der Waals surface area contributed by atoms with Gasteiger partial charge in [0.05, 0.1) is 5.25 Å². The van der Waals surface area contributed by atoms with Crippen LogP contribution in [0.2, 0.25) is 0 Å². The van der Waals surface area contributed by atoms with Gasteiger partial charge in [-0.05, 0) is 19.8 Å². The Kier molecular flexibility index (Phi) is 3.48. The van der Waals surface area contributed by atoms with Gasteiger partial charge in [0.1, 0.15) is 11.7 Å². The van der Waals surface area contributed by atoms with Gasteiger partial charge in [-0.15, -0.1) is 10.2 Å². The van der Waals surface area contributed by atoms with Crippen LogP contribution in [0.1, 0.15) is 32.0 Å². The number of aromatic nitrogens is 3. The zero-order valence-electron chi connectivity index (χ0n) is 9.44. The molecular formula is C10H17N5S. The molecule has 1 aromatic heterocycles. The van der Waals surface area contributed by atoms with Gasteiger partial charge in [-0.1, -0.05) is 18.2 Å². The Hall–Kier alpha value is -1.04. The third-order valence-electron chi connectivity index (χ3n) is 2.80. The van der Waals surface area contributed by atoms with Crippen LogP contribution in [-0.4, -0.2) is 25.9 Å². The maximum absolute atomic E-state index is 7.39. The van der Waals surface area contributed by atoms with Crippen LogP contribution in [0.25, 0.3) is 0 Å². The van der Waals surface area contributed by atoms with Crippen LogP contribution < -0.4 is 5.73 Å². The predicted octanol–water partition coefficient (Wildman–Crippen LogP) is 1.42. The molecule has 0 saturated heterocycles. The third-order valence-corrected chi connectivity index (χ3v) is 3.92. The van der Waals surface area contributed by atoms with E-state index in [1.54, 1.807) is 0 Å². The van der Waals surface area contributed by atoms with Crippen molar-refractivity contribution >= 4 is 17.6 Å². The molecule has 1 aliphatic heterocycles. The van der Waals surface area contributed by atoms with Crippen LogP contribution in [-0.2, 0) is 13.0 Å². The van der Waals surface area contributed by atoms with E-state index in [1.165, 1.54) is 31.0 Å². The van der Waals surface area contributed by atoms with E-state index >= 15 is 0 Å². The summed E-state index contributed by atoms with van der Waals surface area (Å²) in [6, 6.07) is 0. The first-order valence-corrected chi connectivity index (χ1v) is 6.49. The first-order chi connectivity index (χ1) is 7.68. The number of amidine groups is 1. The second-order valence-corrected chi connectivity index (χ2v) is 5.38. The number of rotatable bonds is 3. The SMILES string of the molecule is CC(Sc1nnc2n1CCCCC2)C(=N)N. The van der Waals surface area contributed by atoms with E-state index in [-0.39, 0.29) is 11.1 Å². The standard InChI is InChI=1S/C10H17N5S/c1-7(9(11)12)16-10-14-13-8-5-3-2-4-6-15(8)10/h7H,2-6H2,1H3,(H3,11,12). The smallest absolute Gasteiger partial charge is 0.191 e. The molecule has 0 spiro atoms. The first-order valence-electron chi connectivity index (χ1n) is 5.61. The van der Waals surface area contributed by atoms with Crippen LogP contribution in [0, 0.1) is 5.41 Å². The molecule has 0 radical (unpaired) electrons. The summed E-state index contributed by atoms with van der Waals surface area (Å²) in [5, 5.41) is 16.7. The van der Waals surface area contributed by atoms with E-state index in [4.69, 9.17) is 11.1 Å². The molecule has 0 saturated carbocycles. The molecule has 1 aromatic rings. The molecule has 5 nitrogen and oxygen atoms in total. The minimum atomic E-state index is -0.0310. The van der Waals surface area contributed by atoms with Gasteiger partial charge in [0.2, 0.25) is 0 Å². The van der Waals surface area contributed by atoms with Crippen molar-refractivity contribution in [3.05, 3.63) is 5.82 Å². The zero-order chi connectivity index (χ0) is 11.5. The Labute approximate surface area is 99.3 Å². The predicted molar refractivity (Wildman–Crippen MR) is 64.8 cm³/mol. The van der Waals surface area contributed by atoms with Crippen molar-refractivity contribution in [2.75, 3.05) is 0 Å². The highest BCUT2D eigenvalue weighted by Crippen LogP contribution is 2.24. The lowest BCUT2D eigenvalue weighted by Crippen LogP contribution is -2.22. The van der Waals surface area contributed by atoms with Gasteiger partial charge in [-0.25, -0.2) is 0 Å². The van der Waals surface area contributed by atoms with Crippen molar-refractivity contribution in [2.24, 2.45) is 5.73 Å². The van der Waals surface area contributed by atoms with Gasteiger partial charge < -0.3 is 10.3 Å². The largest absolute Gasteiger partial charge is 0.387 e. The molecule has 16 heavy (non-hydrogen) atoms. The second kappa shape index (κ2) is 4.86. The maximum atomic E-state index is 7.39. The molecule has 0 amide bonds. The van der Waals surface area contributed by atoms with Crippen molar-refractivity contribution < 1.29 is 0 Å². The fourth-order valence-corrected chi connectivity index (χ4v) is 2.62. The van der Waals surface area contributed by atoms with Gasteiger partial charge in [0.15, 0.2) is 5.16 Å². The second-order valence-electron chi connectivity index (χ2n) is 4.08. The van der Waals surface area contributed by atoms with Crippen LogP contribution in [0.3, 0.4) is 0 Å². The van der Waals surface area contributed by atoms with Gasteiger partial charge in [0.25, 0.3) is 0 Å². The monoisotopic (exact) mass is 239 g/mol. The average molecular weight is 239 g/mol. The lowest BCUT2D eigenvalue weighted by atomic mass is 10.2.